The van der Waals surface area contributed by atoms with E-state index in [2.05, 4.69) is 32.6 Å². The van der Waals surface area contributed by atoms with Crippen LogP contribution in [0.15, 0.2) is 18.2 Å². The molecule has 1 amide bonds. The Morgan fingerprint density at radius 3 is 2.57 bits per heavy atom. The summed E-state index contributed by atoms with van der Waals surface area (Å²) in [6.45, 7) is 9.50. The molecule has 7 heteroatoms. The second kappa shape index (κ2) is 5.99. The molecule has 0 N–H and O–H groups in total. The summed E-state index contributed by atoms with van der Waals surface area (Å²) in [5, 5.41) is 11.3. The van der Waals surface area contributed by atoms with E-state index in [1.165, 1.54) is 12.1 Å². The van der Waals surface area contributed by atoms with E-state index in [1.54, 1.807) is 6.07 Å². The van der Waals surface area contributed by atoms with Crippen LogP contribution in [0.5, 0.6) is 0 Å². The number of piperidine rings is 1. The molecular formula is C23H28N4O3. The number of hydrogen-bond acceptors (Lipinski definition) is 5. The van der Waals surface area contributed by atoms with Crippen molar-refractivity contribution in [2.45, 2.75) is 76.7 Å². The summed E-state index contributed by atoms with van der Waals surface area (Å²) in [5.41, 5.74) is 1.48. The largest absolute Gasteiger partial charge is 0.339 e. The van der Waals surface area contributed by atoms with Crippen molar-refractivity contribution in [3.05, 3.63) is 39.7 Å². The molecule has 0 radical (unpaired) electrons. The number of carbonyl (C=O) groups excluding carboxylic acids is 1. The lowest BCUT2D eigenvalue weighted by Crippen LogP contribution is -2.56. The van der Waals surface area contributed by atoms with Gasteiger partial charge in [0.25, 0.3) is 5.69 Å². The Bertz CT molecular complexity index is 1100. The predicted molar refractivity (Wildman–Crippen MR) is 113 cm³/mol. The van der Waals surface area contributed by atoms with E-state index in [-0.39, 0.29) is 28.5 Å². The molecular weight excluding hydrogens is 380 g/mol. The van der Waals surface area contributed by atoms with Crippen molar-refractivity contribution in [2.24, 2.45) is 5.41 Å². The number of hydrogen-bond donors (Lipinski definition) is 0. The number of likely N-dealkylation sites (tertiary alicyclic amines) is 1. The molecule has 2 fully saturated rings. The van der Waals surface area contributed by atoms with E-state index in [0.29, 0.717) is 11.0 Å². The van der Waals surface area contributed by atoms with Gasteiger partial charge < -0.3 is 4.90 Å². The van der Waals surface area contributed by atoms with Crippen LogP contribution in [-0.4, -0.2) is 38.3 Å². The molecule has 2 aromatic rings. The monoisotopic (exact) mass is 408 g/mol. The molecule has 7 nitrogen and oxygen atoms in total. The van der Waals surface area contributed by atoms with Crippen LogP contribution in [0.25, 0.3) is 11.0 Å². The Morgan fingerprint density at radius 2 is 1.87 bits per heavy atom. The first-order chi connectivity index (χ1) is 14.1. The number of benzene rings is 1. The number of fused-ring (bicyclic) bond motifs is 6. The minimum Gasteiger partial charge on any atom is -0.339 e. The van der Waals surface area contributed by atoms with Gasteiger partial charge in [-0.05, 0) is 50.5 Å². The van der Waals surface area contributed by atoms with Crippen molar-refractivity contribution in [1.29, 1.82) is 0 Å². The molecule has 3 atom stereocenters. The van der Waals surface area contributed by atoms with E-state index in [1.807, 2.05) is 0 Å². The SMILES string of the molecule is CC1CCCCN1C(=O)C12CCC(C)(c3nc4ccc([N+](=O)[O-])cc4nc31)C2(C)C. The highest BCUT2D eigenvalue weighted by Crippen LogP contribution is 2.70. The Hall–Kier alpha value is -2.57. The van der Waals surface area contributed by atoms with Crippen LogP contribution in [-0.2, 0) is 15.6 Å². The molecule has 5 rings (SSSR count). The zero-order valence-electron chi connectivity index (χ0n) is 18.1. The molecule has 1 saturated carbocycles. The van der Waals surface area contributed by atoms with Gasteiger partial charge in [0.05, 0.1) is 32.8 Å². The molecule has 2 bridgehead atoms. The standard InChI is InChI=1S/C23H28N4O3/c1-14-7-5-6-12-26(14)20(28)23-11-10-22(4,21(23,2)3)18-19(23)25-17-13-15(27(29)30)8-9-16(17)24-18/h8-9,13-14H,5-7,10-12H2,1-4H3. The first-order valence-electron chi connectivity index (χ1n) is 10.9. The van der Waals surface area contributed by atoms with Gasteiger partial charge in [0.2, 0.25) is 5.91 Å². The average Bonchev–Trinajstić information content (AvgIpc) is 3.01. The summed E-state index contributed by atoms with van der Waals surface area (Å²) in [7, 11) is 0. The smallest absolute Gasteiger partial charge is 0.271 e. The number of nitrogens with zero attached hydrogens (tertiary/aromatic N) is 4. The van der Waals surface area contributed by atoms with Gasteiger partial charge in [-0.3, -0.25) is 14.9 Å². The van der Waals surface area contributed by atoms with Gasteiger partial charge in [-0.2, -0.15) is 0 Å². The highest BCUT2D eigenvalue weighted by atomic mass is 16.6. The highest BCUT2D eigenvalue weighted by Gasteiger charge is 2.73. The second-order valence-corrected chi connectivity index (χ2v) is 10.1. The first-order valence-corrected chi connectivity index (χ1v) is 10.9. The lowest BCUT2D eigenvalue weighted by molar-refractivity contribution is -0.384. The number of nitro groups is 1. The molecule has 2 aliphatic carbocycles. The quantitative estimate of drug-likeness (QED) is 0.547. The van der Waals surface area contributed by atoms with E-state index < -0.39 is 10.3 Å². The number of non-ortho nitro benzene ring substituents is 1. The van der Waals surface area contributed by atoms with Crippen LogP contribution < -0.4 is 0 Å². The van der Waals surface area contributed by atoms with Crippen molar-refractivity contribution < 1.29 is 9.72 Å². The minimum atomic E-state index is -0.728. The second-order valence-electron chi connectivity index (χ2n) is 10.1. The van der Waals surface area contributed by atoms with Crippen LogP contribution in [0, 0.1) is 15.5 Å². The fraction of sp³-hybridized carbons (Fsp3) is 0.609. The maximum Gasteiger partial charge on any atom is 0.271 e. The van der Waals surface area contributed by atoms with Crippen molar-refractivity contribution >= 4 is 22.6 Å². The van der Waals surface area contributed by atoms with Gasteiger partial charge in [0, 0.05) is 30.1 Å². The molecule has 1 aliphatic heterocycles. The average molecular weight is 409 g/mol. The normalized spacial score (nSPS) is 31.7. The minimum absolute atomic E-state index is 0.00425. The lowest BCUT2D eigenvalue weighted by atomic mass is 9.63. The van der Waals surface area contributed by atoms with E-state index in [0.717, 1.165) is 50.0 Å². The first kappa shape index (κ1) is 19.4. The fourth-order valence-electron chi connectivity index (χ4n) is 6.32. The van der Waals surface area contributed by atoms with E-state index in [4.69, 9.17) is 9.97 Å². The predicted octanol–water partition coefficient (Wildman–Crippen LogP) is 4.27. The summed E-state index contributed by atoms with van der Waals surface area (Å²) in [4.78, 5) is 37.0. The third-order valence-corrected chi connectivity index (χ3v) is 8.66. The molecule has 1 aromatic carbocycles. The van der Waals surface area contributed by atoms with Gasteiger partial charge in [-0.1, -0.05) is 20.8 Å². The third-order valence-electron chi connectivity index (χ3n) is 8.66. The van der Waals surface area contributed by atoms with E-state index >= 15 is 0 Å². The van der Waals surface area contributed by atoms with Crippen LogP contribution in [0.4, 0.5) is 5.69 Å². The maximum atomic E-state index is 14.2. The van der Waals surface area contributed by atoms with Gasteiger partial charge in [-0.15, -0.1) is 0 Å². The molecule has 1 saturated heterocycles. The Balaban J connectivity index is 1.74. The summed E-state index contributed by atoms with van der Waals surface area (Å²) in [6.07, 6.45) is 4.87. The third kappa shape index (κ3) is 2.13. The number of nitro benzene ring substituents is 1. The summed E-state index contributed by atoms with van der Waals surface area (Å²) < 4.78 is 0. The Labute approximate surface area is 176 Å². The molecule has 3 aliphatic rings. The zero-order chi connectivity index (χ0) is 21.5. The summed E-state index contributed by atoms with van der Waals surface area (Å²) in [5.74, 6) is 0.168. The maximum absolute atomic E-state index is 14.2. The fourth-order valence-corrected chi connectivity index (χ4v) is 6.32. The van der Waals surface area contributed by atoms with Crippen molar-refractivity contribution in [1.82, 2.24) is 14.9 Å². The Kier molecular flexibility index (Phi) is 3.87. The van der Waals surface area contributed by atoms with Crippen molar-refractivity contribution in [3.8, 4) is 0 Å². The van der Waals surface area contributed by atoms with Crippen molar-refractivity contribution in [3.63, 3.8) is 0 Å². The van der Waals surface area contributed by atoms with Gasteiger partial charge >= 0.3 is 0 Å². The number of aromatic nitrogens is 2. The molecule has 0 spiro atoms. The Morgan fingerprint density at radius 1 is 1.13 bits per heavy atom. The number of rotatable bonds is 2. The number of amides is 1. The van der Waals surface area contributed by atoms with Gasteiger partial charge in [0.1, 0.15) is 0 Å². The topological polar surface area (TPSA) is 89.2 Å². The summed E-state index contributed by atoms with van der Waals surface area (Å²) >= 11 is 0. The van der Waals surface area contributed by atoms with Gasteiger partial charge in [0.15, 0.2) is 0 Å². The highest BCUT2D eigenvalue weighted by molar-refractivity contribution is 5.93. The summed E-state index contributed by atoms with van der Waals surface area (Å²) in [6, 6.07) is 4.85. The van der Waals surface area contributed by atoms with Crippen molar-refractivity contribution in [2.75, 3.05) is 6.54 Å². The van der Waals surface area contributed by atoms with Gasteiger partial charge in [-0.25, -0.2) is 9.97 Å². The molecule has 30 heavy (non-hydrogen) atoms. The molecule has 3 unspecified atom stereocenters. The number of carbonyl (C=O) groups is 1. The molecule has 158 valence electrons. The molecule has 2 heterocycles. The van der Waals surface area contributed by atoms with Crippen LogP contribution in [0.1, 0.15) is 71.2 Å². The van der Waals surface area contributed by atoms with E-state index in [9.17, 15) is 14.9 Å². The van der Waals surface area contributed by atoms with Crippen LogP contribution >= 0.6 is 0 Å². The zero-order valence-corrected chi connectivity index (χ0v) is 18.1. The lowest BCUT2D eigenvalue weighted by Gasteiger charge is -2.45. The van der Waals surface area contributed by atoms with Crippen LogP contribution in [0.3, 0.4) is 0 Å². The van der Waals surface area contributed by atoms with Crippen LogP contribution in [0.2, 0.25) is 0 Å². The molecule has 1 aromatic heterocycles.